The fraction of sp³-hybridized carbons (Fsp3) is 0.600. The van der Waals surface area contributed by atoms with Crippen LogP contribution < -0.4 is 11.2 Å². The van der Waals surface area contributed by atoms with Crippen molar-refractivity contribution in [2.75, 3.05) is 13.2 Å². The summed E-state index contributed by atoms with van der Waals surface area (Å²) in [4.78, 5) is 27.8. The third-order valence-corrected chi connectivity index (χ3v) is 2.92. The maximum atomic E-state index is 11.6. The first kappa shape index (κ1) is 12.4. The van der Waals surface area contributed by atoms with Gasteiger partial charge >= 0.3 is 5.69 Å². The van der Waals surface area contributed by atoms with Gasteiger partial charge in [-0.3, -0.25) is 14.3 Å². The summed E-state index contributed by atoms with van der Waals surface area (Å²) in [6, 6.07) is 0. The van der Waals surface area contributed by atoms with Crippen molar-refractivity contribution in [3.05, 3.63) is 43.0 Å². The van der Waals surface area contributed by atoms with Crippen LogP contribution in [0.15, 0.2) is 20.9 Å². The third-order valence-electron chi connectivity index (χ3n) is 2.92. The monoisotopic (exact) mass is 251 g/mol. The number of rotatable bonds is 3. The fourth-order valence-electron chi connectivity index (χ4n) is 1.94. The quantitative estimate of drug-likeness (QED) is 0.484. The molecule has 1 aliphatic heterocycles. The molecule has 0 radical (unpaired) electrons. The number of hydrogen-bond donors (Lipinski definition) is 1. The van der Waals surface area contributed by atoms with Crippen molar-refractivity contribution in [3.8, 4) is 0 Å². The van der Waals surface area contributed by atoms with Gasteiger partial charge in [0.05, 0.1) is 6.61 Å². The first-order valence-corrected chi connectivity index (χ1v) is 5.56. The highest BCUT2D eigenvalue weighted by atomic mass is 16.5. The summed E-state index contributed by atoms with van der Waals surface area (Å²) < 4.78 is 6.85. The second-order valence-electron chi connectivity index (χ2n) is 4.28. The van der Waals surface area contributed by atoms with Gasteiger partial charge in [-0.15, -0.1) is 0 Å². The molecule has 0 bridgehead atoms. The Bertz CT molecular complexity index is 598. The molecule has 96 valence electrons. The Balaban J connectivity index is 2.19. The van der Waals surface area contributed by atoms with Gasteiger partial charge in [-0.05, 0) is 24.8 Å². The van der Waals surface area contributed by atoms with Crippen molar-refractivity contribution in [1.29, 1.82) is 0 Å². The Labute approximate surface area is 102 Å². The Morgan fingerprint density at radius 3 is 3.17 bits per heavy atom. The van der Waals surface area contributed by atoms with Crippen molar-refractivity contribution in [1.82, 2.24) is 9.55 Å². The number of aromatic amines is 1. The summed E-state index contributed by atoms with van der Waals surface area (Å²) in [7, 11) is 0. The number of hydrogen-bond acceptors (Lipinski definition) is 4. The summed E-state index contributed by atoms with van der Waals surface area (Å²) in [6.45, 7) is 2.42. The average molecular weight is 251 g/mol. The second kappa shape index (κ2) is 5.07. The smallest absolute Gasteiger partial charge is 0.330 e. The van der Waals surface area contributed by atoms with Crippen LogP contribution in [0.25, 0.3) is 10.4 Å². The van der Waals surface area contributed by atoms with Crippen molar-refractivity contribution >= 4 is 0 Å². The van der Waals surface area contributed by atoms with E-state index >= 15 is 0 Å². The van der Waals surface area contributed by atoms with Gasteiger partial charge < -0.3 is 4.74 Å². The van der Waals surface area contributed by atoms with Crippen molar-refractivity contribution in [2.45, 2.75) is 19.6 Å². The van der Waals surface area contributed by atoms with E-state index in [-0.39, 0.29) is 11.5 Å². The second-order valence-corrected chi connectivity index (χ2v) is 4.28. The molecule has 1 N–H and O–H groups in total. The molecule has 8 heteroatoms. The van der Waals surface area contributed by atoms with E-state index in [1.54, 1.807) is 6.92 Å². The number of H-pyrrole nitrogens is 1. The van der Waals surface area contributed by atoms with Gasteiger partial charge in [-0.2, -0.15) is 0 Å². The SMILES string of the molecule is Cc1cn([C@H]2C[C@H](CN=[N+]=[N-])CO2)c(=O)[nH]c1=O. The zero-order valence-electron chi connectivity index (χ0n) is 9.87. The molecule has 2 atom stereocenters. The maximum Gasteiger partial charge on any atom is 0.330 e. The van der Waals surface area contributed by atoms with Crippen molar-refractivity contribution in [3.63, 3.8) is 0 Å². The van der Waals surface area contributed by atoms with Crippen LogP contribution in [0, 0.1) is 12.8 Å². The van der Waals surface area contributed by atoms with Gasteiger partial charge in [0.2, 0.25) is 0 Å². The highest BCUT2D eigenvalue weighted by Crippen LogP contribution is 2.26. The first-order valence-electron chi connectivity index (χ1n) is 5.56. The molecule has 0 spiro atoms. The predicted octanol–water partition coefficient (Wildman–Crippen LogP) is 0.690. The molecule has 8 nitrogen and oxygen atoms in total. The van der Waals surface area contributed by atoms with Crippen molar-refractivity contribution in [2.24, 2.45) is 11.0 Å². The largest absolute Gasteiger partial charge is 0.358 e. The zero-order chi connectivity index (χ0) is 13.1. The van der Waals surface area contributed by atoms with Crippen LogP contribution in [0.1, 0.15) is 18.2 Å². The molecular formula is C10H13N5O3. The van der Waals surface area contributed by atoms with Crippen LogP contribution in [-0.2, 0) is 4.74 Å². The van der Waals surface area contributed by atoms with E-state index in [4.69, 9.17) is 10.3 Å². The predicted molar refractivity (Wildman–Crippen MR) is 63.2 cm³/mol. The number of nitrogens with zero attached hydrogens (tertiary/aromatic N) is 4. The minimum Gasteiger partial charge on any atom is -0.358 e. The number of ether oxygens (including phenoxy) is 1. The van der Waals surface area contributed by atoms with Crippen LogP contribution in [0.3, 0.4) is 0 Å². The molecule has 0 unspecified atom stereocenters. The van der Waals surface area contributed by atoms with Gasteiger partial charge in [0.15, 0.2) is 0 Å². The van der Waals surface area contributed by atoms with Crippen LogP contribution >= 0.6 is 0 Å². The summed E-state index contributed by atoms with van der Waals surface area (Å²) in [5, 5.41) is 3.49. The van der Waals surface area contributed by atoms with Crippen LogP contribution in [0.5, 0.6) is 0 Å². The van der Waals surface area contributed by atoms with Crippen molar-refractivity contribution < 1.29 is 4.74 Å². The van der Waals surface area contributed by atoms with Gasteiger partial charge in [-0.25, -0.2) is 4.79 Å². The molecule has 2 heterocycles. The molecular weight excluding hydrogens is 238 g/mol. The summed E-state index contributed by atoms with van der Waals surface area (Å²) >= 11 is 0. The molecule has 1 aromatic rings. The average Bonchev–Trinajstić information content (AvgIpc) is 2.79. The van der Waals surface area contributed by atoms with E-state index < -0.39 is 11.9 Å². The molecule has 0 saturated carbocycles. The van der Waals surface area contributed by atoms with Gasteiger partial charge in [0, 0.05) is 23.2 Å². The molecule has 0 aromatic carbocycles. The lowest BCUT2D eigenvalue weighted by Gasteiger charge is -2.12. The molecule has 0 aliphatic carbocycles. The summed E-state index contributed by atoms with van der Waals surface area (Å²) in [5.74, 6) is 0.102. The third kappa shape index (κ3) is 2.44. The minimum atomic E-state index is -0.486. The van der Waals surface area contributed by atoms with E-state index in [2.05, 4.69) is 15.0 Å². The van der Waals surface area contributed by atoms with Gasteiger partial charge in [0.25, 0.3) is 5.56 Å². The Hall–Kier alpha value is -2.05. The van der Waals surface area contributed by atoms with Crippen LogP contribution in [0.4, 0.5) is 0 Å². The van der Waals surface area contributed by atoms with Gasteiger partial charge in [-0.1, -0.05) is 5.11 Å². The number of nitrogens with one attached hydrogen (secondary N) is 1. The van der Waals surface area contributed by atoms with E-state index in [1.807, 2.05) is 0 Å². The maximum absolute atomic E-state index is 11.6. The number of azide groups is 1. The van der Waals surface area contributed by atoms with Crippen LogP contribution in [-0.4, -0.2) is 22.7 Å². The van der Waals surface area contributed by atoms with E-state index in [1.165, 1.54) is 10.8 Å². The van der Waals surface area contributed by atoms with E-state index in [9.17, 15) is 9.59 Å². The zero-order valence-corrected chi connectivity index (χ0v) is 9.87. The highest BCUT2D eigenvalue weighted by Gasteiger charge is 2.27. The normalized spacial score (nSPS) is 22.7. The molecule has 1 saturated heterocycles. The summed E-state index contributed by atoms with van der Waals surface area (Å²) in [5.41, 5.74) is 7.82. The first-order chi connectivity index (χ1) is 8.61. The minimum absolute atomic E-state index is 0.102. The lowest BCUT2D eigenvalue weighted by molar-refractivity contribution is 0.0506. The lowest BCUT2D eigenvalue weighted by Crippen LogP contribution is -2.33. The van der Waals surface area contributed by atoms with E-state index in [0.717, 1.165) is 0 Å². The standard InChI is InChI=1S/C10H13N5O3/c1-6-4-15(10(17)13-9(6)16)8-2-7(5-18-8)3-12-14-11/h4,7-8H,2-3,5H2,1H3,(H,13,16,17)/t7-,8-/m1/s1. The molecule has 1 aromatic heterocycles. The molecule has 1 aliphatic rings. The Morgan fingerprint density at radius 1 is 1.67 bits per heavy atom. The fourth-order valence-corrected chi connectivity index (χ4v) is 1.94. The molecule has 2 rings (SSSR count). The Morgan fingerprint density at radius 2 is 2.44 bits per heavy atom. The molecule has 0 amide bonds. The highest BCUT2D eigenvalue weighted by molar-refractivity contribution is 5.01. The number of aryl methyl sites for hydroxylation is 1. The summed E-state index contributed by atoms with van der Waals surface area (Å²) in [6.07, 6.45) is 1.67. The molecule has 1 fully saturated rings. The molecule has 18 heavy (non-hydrogen) atoms. The number of aromatic nitrogens is 2. The Kier molecular flexibility index (Phi) is 3.50. The lowest BCUT2D eigenvalue weighted by atomic mass is 10.1. The van der Waals surface area contributed by atoms with Gasteiger partial charge in [0.1, 0.15) is 6.23 Å². The topological polar surface area (TPSA) is 113 Å². The van der Waals surface area contributed by atoms with Crippen LogP contribution in [0.2, 0.25) is 0 Å². The van der Waals surface area contributed by atoms with E-state index in [0.29, 0.717) is 25.1 Å².